The fourth-order valence-electron chi connectivity index (χ4n) is 1.86. The van der Waals surface area contributed by atoms with Gasteiger partial charge in [0, 0.05) is 5.02 Å². The van der Waals surface area contributed by atoms with Crippen LogP contribution in [0.3, 0.4) is 0 Å². The normalized spacial score (nSPS) is 10.9. The fraction of sp³-hybridized carbons (Fsp3) is 0.0714. The second-order valence-electron chi connectivity index (χ2n) is 3.92. The number of benzene rings is 2. The molecule has 0 amide bonds. The molecule has 0 saturated carbocycles. The minimum absolute atomic E-state index is 0.763. The molecule has 1 aromatic heterocycles. The van der Waals surface area contributed by atoms with Crippen molar-refractivity contribution < 1.29 is 0 Å². The molecule has 0 atom stereocenters. The fourth-order valence-corrected chi connectivity index (χ4v) is 2.80. The lowest BCUT2D eigenvalue weighted by molar-refractivity contribution is 1.35. The first-order valence-electron chi connectivity index (χ1n) is 5.35. The molecule has 2 aromatic carbocycles. The maximum Gasteiger partial charge on any atom is 0.0907 e. The number of hydrogen-bond donors (Lipinski definition) is 0. The number of hydrogen-bond acceptors (Lipinski definition) is 2. The number of halogens is 1. The van der Waals surface area contributed by atoms with Crippen LogP contribution in [-0.4, -0.2) is 4.98 Å². The zero-order valence-electron chi connectivity index (χ0n) is 9.27. The predicted octanol–water partition coefficient (Wildman–Crippen LogP) is 4.93. The van der Waals surface area contributed by atoms with Crippen molar-refractivity contribution in [2.75, 3.05) is 0 Å². The van der Waals surface area contributed by atoms with Gasteiger partial charge >= 0.3 is 0 Å². The van der Waals surface area contributed by atoms with E-state index in [9.17, 15) is 0 Å². The lowest BCUT2D eigenvalue weighted by Gasteiger charge is -2.01. The van der Waals surface area contributed by atoms with Gasteiger partial charge in [-0.2, -0.15) is 0 Å². The Bertz CT molecular complexity index is 670. The van der Waals surface area contributed by atoms with E-state index in [0.717, 1.165) is 15.5 Å². The molecule has 0 spiro atoms. The van der Waals surface area contributed by atoms with Gasteiger partial charge in [0.25, 0.3) is 0 Å². The molecule has 0 fully saturated rings. The van der Waals surface area contributed by atoms with Crippen molar-refractivity contribution in [3.63, 3.8) is 0 Å². The molecule has 1 heterocycles. The summed E-state index contributed by atoms with van der Waals surface area (Å²) in [6, 6.07) is 14.3. The van der Waals surface area contributed by atoms with Gasteiger partial charge in [0.2, 0.25) is 0 Å². The van der Waals surface area contributed by atoms with Gasteiger partial charge in [0.1, 0.15) is 0 Å². The third-order valence-corrected chi connectivity index (χ3v) is 3.88. The molecule has 0 unspecified atom stereocenters. The molecule has 3 rings (SSSR count). The van der Waals surface area contributed by atoms with Crippen LogP contribution in [0.2, 0.25) is 5.02 Å². The van der Waals surface area contributed by atoms with Crippen LogP contribution in [0.25, 0.3) is 21.3 Å². The Morgan fingerprint density at radius 3 is 2.47 bits per heavy atom. The maximum absolute atomic E-state index is 5.89. The molecule has 0 saturated heterocycles. The largest absolute Gasteiger partial charge is 0.241 e. The van der Waals surface area contributed by atoms with Crippen molar-refractivity contribution in [1.82, 2.24) is 4.98 Å². The van der Waals surface area contributed by atoms with Crippen molar-refractivity contribution >= 4 is 33.2 Å². The highest BCUT2D eigenvalue weighted by molar-refractivity contribution is 7.18. The molecule has 3 heteroatoms. The van der Waals surface area contributed by atoms with E-state index in [0.29, 0.717) is 0 Å². The van der Waals surface area contributed by atoms with Crippen molar-refractivity contribution in [3.05, 3.63) is 52.5 Å². The molecule has 3 aromatic rings. The summed E-state index contributed by atoms with van der Waals surface area (Å²) in [5.41, 5.74) is 3.42. The van der Waals surface area contributed by atoms with E-state index in [-0.39, 0.29) is 0 Å². The molecule has 0 aliphatic heterocycles. The zero-order chi connectivity index (χ0) is 11.8. The first-order valence-corrected chi connectivity index (χ1v) is 6.55. The molecular formula is C14H10ClNS. The number of nitrogens with zero attached hydrogens (tertiary/aromatic N) is 1. The molecule has 17 heavy (non-hydrogen) atoms. The van der Waals surface area contributed by atoms with Gasteiger partial charge < -0.3 is 0 Å². The van der Waals surface area contributed by atoms with Crippen molar-refractivity contribution in [2.24, 2.45) is 0 Å². The van der Waals surface area contributed by atoms with E-state index in [1.54, 1.807) is 11.3 Å². The Labute approximate surface area is 109 Å². The van der Waals surface area contributed by atoms with Crippen LogP contribution >= 0.6 is 22.9 Å². The summed E-state index contributed by atoms with van der Waals surface area (Å²) in [6.45, 7) is 2.03. The topological polar surface area (TPSA) is 12.9 Å². The Morgan fingerprint density at radius 2 is 1.71 bits per heavy atom. The Kier molecular flexibility index (Phi) is 2.61. The Balaban J connectivity index is 2.13. The average Bonchev–Trinajstić information content (AvgIpc) is 2.69. The lowest BCUT2D eigenvalue weighted by atomic mass is 10.1. The lowest BCUT2D eigenvalue weighted by Crippen LogP contribution is -1.77. The molecule has 0 radical (unpaired) electrons. The smallest absolute Gasteiger partial charge is 0.0907 e. The van der Waals surface area contributed by atoms with Crippen LogP contribution in [0.15, 0.2) is 42.5 Å². The Morgan fingerprint density at radius 1 is 1.00 bits per heavy atom. The quantitative estimate of drug-likeness (QED) is 0.604. The summed E-state index contributed by atoms with van der Waals surface area (Å²) in [5, 5.41) is 1.87. The van der Waals surface area contributed by atoms with Gasteiger partial charge in [-0.1, -0.05) is 29.8 Å². The standard InChI is InChI=1S/C14H10ClNS/c1-9-16-13-8-11(4-7-14(13)17-9)10-2-5-12(15)6-3-10/h2-8H,1H3. The molecular weight excluding hydrogens is 250 g/mol. The maximum atomic E-state index is 5.89. The number of aromatic nitrogens is 1. The van der Waals surface area contributed by atoms with Crippen LogP contribution in [0.4, 0.5) is 0 Å². The van der Waals surface area contributed by atoms with Gasteiger partial charge in [-0.05, 0) is 42.3 Å². The van der Waals surface area contributed by atoms with Gasteiger partial charge in [0.05, 0.1) is 15.2 Å². The first kappa shape index (κ1) is 10.8. The van der Waals surface area contributed by atoms with E-state index in [4.69, 9.17) is 11.6 Å². The van der Waals surface area contributed by atoms with Crippen LogP contribution in [0.1, 0.15) is 5.01 Å². The Hall–Kier alpha value is -1.38. The van der Waals surface area contributed by atoms with E-state index < -0.39 is 0 Å². The monoisotopic (exact) mass is 259 g/mol. The van der Waals surface area contributed by atoms with Gasteiger partial charge in [0.15, 0.2) is 0 Å². The van der Waals surface area contributed by atoms with E-state index in [2.05, 4.69) is 23.2 Å². The summed E-state index contributed by atoms with van der Waals surface area (Å²) in [4.78, 5) is 4.51. The van der Waals surface area contributed by atoms with Gasteiger partial charge in [-0.15, -0.1) is 11.3 Å². The highest BCUT2D eigenvalue weighted by Crippen LogP contribution is 2.28. The second-order valence-corrected chi connectivity index (χ2v) is 5.59. The summed E-state index contributed by atoms with van der Waals surface area (Å²) in [5.74, 6) is 0. The minimum Gasteiger partial charge on any atom is -0.241 e. The number of thiazole rings is 1. The number of rotatable bonds is 1. The highest BCUT2D eigenvalue weighted by Gasteiger charge is 2.03. The van der Waals surface area contributed by atoms with E-state index in [1.807, 2.05) is 31.2 Å². The molecule has 1 nitrogen and oxygen atoms in total. The van der Waals surface area contributed by atoms with Crippen LogP contribution in [-0.2, 0) is 0 Å². The number of fused-ring (bicyclic) bond motifs is 1. The third kappa shape index (κ3) is 2.06. The number of aryl methyl sites for hydroxylation is 1. The average molecular weight is 260 g/mol. The SMILES string of the molecule is Cc1nc2cc(-c3ccc(Cl)cc3)ccc2s1. The van der Waals surface area contributed by atoms with Crippen molar-refractivity contribution in [3.8, 4) is 11.1 Å². The van der Waals surface area contributed by atoms with E-state index >= 15 is 0 Å². The summed E-state index contributed by atoms with van der Waals surface area (Å²) in [6.07, 6.45) is 0. The van der Waals surface area contributed by atoms with Gasteiger partial charge in [-0.25, -0.2) is 4.98 Å². The minimum atomic E-state index is 0.763. The van der Waals surface area contributed by atoms with Crippen molar-refractivity contribution in [2.45, 2.75) is 6.92 Å². The third-order valence-electron chi connectivity index (χ3n) is 2.67. The first-order chi connectivity index (χ1) is 8.22. The predicted molar refractivity (Wildman–Crippen MR) is 74.8 cm³/mol. The van der Waals surface area contributed by atoms with Crippen LogP contribution in [0.5, 0.6) is 0 Å². The van der Waals surface area contributed by atoms with Crippen LogP contribution < -0.4 is 0 Å². The summed E-state index contributed by atoms with van der Waals surface area (Å²) < 4.78 is 1.24. The summed E-state index contributed by atoms with van der Waals surface area (Å²) >= 11 is 7.61. The molecule has 0 aliphatic rings. The molecule has 0 bridgehead atoms. The molecule has 0 N–H and O–H groups in total. The van der Waals surface area contributed by atoms with E-state index in [1.165, 1.54) is 15.8 Å². The molecule has 0 aliphatic carbocycles. The van der Waals surface area contributed by atoms with Crippen LogP contribution in [0, 0.1) is 6.92 Å². The molecule has 84 valence electrons. The zero-order valence-corrected chi connectivity index (χ0v) is 10.8. The second kappa shape index (κ2) is 4.13. The highest BCUT2D eigenvalue weighted by atomic mass is 35.5. The van der Waals surface area contributed by atoms with Crippen molar-refractivity contribution in [1.29, 1.82) is 0 Å². The summed E-state index contributed by atoms with van der Waals surface area (Å²) in [7, 11) is 0. The van der Waals surface area contributed by atoms with Gasteiger partial charge in [-0.3, -0.25) is 0 Å².